The summed E-state index contributed by atoms with van der Waals surface area (Å²) in [6, 6.07) is 14.5. The van der Waals surface area contributed by atoms with Crippen molar-refractivity contribution in [2.45, 2.75) is 74.9 Å². The van der Waals surface area contributed by atoms with E-state index >= 15 is 0 Å². The van der Waals surface area contributed by atoms with Gasteiger partial charge in [-0.05, 0) is 76.6 Å². The zero-order valence-corrected chi connectivity index (χ0v) is 22.2. The number of methoxy groups -OCH3 is 1. The minimum atomic E-state index is -0.592. The second kappa shape index (κ2) is 10.5. The Labute approximate surface area is 219 Å². The summed E-state index contributed by atoms with van der Waals surface area (Å²) in [5.41, 5.74) is 9.31. The number of benzene rings is 1. The molecule has 3 aliphatic rings. The van der Waals surface area contributed by atoms with Crippen LogP contribution in [0.15, 0.2) is 42.5 Å². The van der Waals surface area contributed by atoms with Gasteiger partial charge in [-0.2, -0.15) is 4.98 Å². The van der Waals surface area contributed by atoms with Crippen molar-refractivity contribution >= 4 is 17.5 Å². The highest BCUT2D eigenvalue weighted by Gasteiger charge is 2.48. The van der Waals surface area contributed by atoms with Gasteiger partial charge >= 0.3 is 0 Å². The number of nitrogens with one attached hydrogen (secondary N) is 3. The number of nitrogens with zero attached hydrogens (tertiary/aromatic N) is 2. The second-order valence-electron chi connectivity index (χ2n) is 11.3. The Bertz CT molecular complexity index is 1120. The lowest BCUT2D eigenvalue weighted by molar-refractivity contribution is -0.135. The number of ketones is 1. The van der Waals surface area contributed by atoms with Crippen LogP contribution >= 0.6 is 0 Å². The van der Waals surface area contributed by atoms with Crippen molar-refractivity contribution in [1.29, 1.82) is 0 Å². The molecule has 2 heterocycles. The van der Waals surface area contributed by atoms with Crippen LogP contribution in [0.4, 0.5) is 5.82 Å². The van der Waals surface area contributed by atoms with E-state index in [0.29, 0.717) is 24.0 Å². The lowest BCUT2D eigenvalue weighted by Gasteiger charge is -2.49. The van der Waals surface area contributed by atoms with Crippen molar-refractivity contribution in [3.63, 3.8) is 0 Å². The molecule has 8 nitrogen and oxygen atoms in total. The molecule has 2 saturated carbocycles. The third-order valence-corrected chi connectivity index (χ3v) is 8.98. The van der Waals surface area contributed by atoms with Gasteiger partial charge in [-0.3, -0.25) is 19.9 Å². The number of anilines is 1. The molecule has 0 bridgehead atoms. The molecule has 5 rings (SSSR count). The van der Waals surface area contributed by atoms with Crippen molar-refractivity contribution in [3.05, 3.63) is 53.6 Å². The number of hydrogen-bond acceptors (Lipinski definition) is 7. The second-order valence-corrected chi connectivity index (χ2v) is 11.3. The average Bonchev–Trinajstić information content (AvgIpc) is 3.30. The Kier molecular flexibility index (Phi) is 7.34. The van der Waals surface area contributed by atoms with Gasteiger partial charge in [-0.25, -0.2) is 5.43 Å². The van der Waals surface area contributed by atoms with Gasteiger partial charge < -0.3 is 10.1 Å². The fraction of sp³-hybridized carbons (Fsp3) is 0.552. The maximum atomic E-state index is 12.7. The zero-order chi connectivity index (χ0) is 26.0. The van der Waals surface area contributed by atoms with E-state index in [0.717, 1.165) is 56.9 Å². The summed E-state index contributed by atoms with van der Waals surface area (Å²) in [7, 11) is 5.90. The predicted octanol–water partition coefficient (Wildman–Crippen LogP) is 4.10. The molecule has 1 atom stereocenters. The highest BCUT2D eigenvalue weighted by atomic mass is 16.5. The van der Waals surface area contributed by atoms with Gasteiger partial charge in [0.05, 0.1) is 13.2 Å². The molecule has 1 saturated heterocycles. The first-order valence-electron chi connectivity index (χ1n) is 13.5. The Morgan fingerprint density at radius 1 is 1.08 bits per heavy atom. The summed E-state index contributed by atoms with van der Waals surface area (Å²) >= 11 is 0. The number of hydrazine groups is 1. The number of carbonyl (C=O) groups excluding carboxylic acids is 2. The molecule has 3 fully saturated rings. The fourth-order valence-electron chi connectivity index (χ4n) is 6.31. The van der Waals surface area contributed by atoms with E-state index in [9.17, 15) is 9.59 Å². The first kappa shape index (κ1) is 25.8. The third kappa shape index (κ3) is 5.15. The zero-order valence-electron chi connectivity index (χ0n) is 22.2. The number of hydrogen-bond donors (Lipinski definition) is 3. The quantitative estimate of drug-likeness (QED) is 0.465. The molecule has 2 aliphatic carbocycles. The maximum absolute atomic E-state index is 12.7. The lowest BCUT2D eigenvalue weighted by atomic mass is 9.67. The number of carbonyl (C=O) groups is 2. The highest BCUT2D eigenvalue weighted by molar-refractivity contribution is 6.40. The summed E-state index contributed by atoms with van der Waals surface area (Å²) in [6.45, 7) is 0. The molecule has 1 aromatic carbocycles. The van der Waals surface area contributed by atoms with Gasteiger partial charge in [0.2, 0.25) is 11.7 Å². The molecule has 1 spiro atoms. The van der Waals surface area contributed by atoms with Crippen molar-refractivity contribution in [1.82, 2.24) is 20.7 Å². The molecular formula is C29H39N5O3. The van der Waals surface area contributed by atoms with E-state index in [-0.39, 0.29) is 22.9 Å². The highest BCUT2D eigenvalue weighted by Crippen LogP contribution is 2.48. The van der Waals surface area contributed by atoms with Gasteiger partial charge in [0, 0.05) is 29.1 Å². The average molecular weight is 506 g/mol. The first-order chi connectivity index (χ1) is 17.8. The Morgan fingerprint density at radius 3 is 2.43 bits per heavy atom. The number of pyridine rings is 1. The van der Waals surface area contributed by atoms with Gasteiger partial charge in [0.15, 0.2) is 0 Å². The van der Waals surface area contributed by atoms with Crippen LogP contribution in [-0.2, 0) is 15.1 Å². The Hall–Kier alpha value is -2.81. The van der Waals surface area contributed by atoms with Gasteiger partial charge in [0.25, 0.3) is 5.91 Å². The maximum Gasteiger partial charge on any atom is 0.292 e. The molecule has 0 unspecified atom stereocenters. The number of Topliss-reactive ketones (excluding diaryl/α,β-unsaturated/α-hetero) is 1. The number of aromatic nitrogens is 1. The van der Waals surface area contributed by atoms with Crippen LogP contribution in [0.2, 0.25) is 0 Å². The molecule has 198 valence electrons. The monoisotopic (exact) mass is 505 g/mol. The SMILES string of the molecule is COc1ccc([C@@H]2CC3(CCC(c4ccccc4)(N(C)C)CC3)NN2)c(NC(=O)C(=O)CC2CCC2)n1. The summed E-state index contributed by atoms with van der Waals surface area (Å²) in [5, 5.41) is 2.80. The fourth-order valence-corrected chi connectivity index (χ4v) is 6.31. The van der Waals surface area contributed by atoms with Crippen molar-refractivity contribution in [2.75, 3.05) is 26.5 Å². The Balaban J connectivity index is 1.30. The number of rotatable bonds is 8. The summed E-state index contributed by atoms with van der Waals surface area (Å²) in [6.07, 6.45) is 8.52. The molecular weight excluding hydrogens is 466 g/mol. The third-order valence-electron chi connectivity index (χ3n) is 8.98. The Morgan fingerprint density at radius 2 is 1.81 bits per heavy atom. The molecule has 0 radical (unpaired) electrons. The topological polar surface area (TPSA) is 95.6 Å². The molecule has 1 amide bonds. The minimum Gasteiger partial charge on any atom is -0.481 e. The largest absolute Gasteiger partial charge is 0.481 e. The predicted molar refractivity (Wildman–Crippen MR) is 143 cm³/mol. The lowest BCUT2D eigenvalue weighted by Crippen LogP contribution is -2.53. The van der Waals surface area contributed by atoms with Crippen LogP contribution in [0.1, 0.15) is 75.0 Å². The number of ether oxygens (including phenoxy) is 1. The van der Waals surface area contributed by atoms with E-state index in [2.05, 4.69) is 70.5 Å². The molecule has 1 aliphatic heterocycles. The molecule has 37 heavy (non-hydrogen) atoms. The molecule has 1 aromatic heterocycles. The summed E-state index contributed by atoms with van der Waals surface area (Å²) in [5.74, 6) is 0.175. The molecule has 3 N–H and O–H groups in total. The normalized spacial score (nSPS) is 27.7. The standard InChI is InChI=1S/C29H39N5O3/c1-34(2)29(21-10-5-4-6-11-21)16-14-28(15-17-29)19-23(32-33-28)22-12-13-25(37-3)30-26(22)31-27(36)24(35)18-20-8-7-9-20/h4-6,10-13,20,23,32-33H,7-9,14-19H2,1-3H3,(H,30,31,36)/t23-,28?,29?/m0/s1. The number of amides is 1. The molecule has 8 heteroatoms. The summed E-state index contributed by atoms with van der Waals surface area (Å²) < 4.78 is 5.31. The van der Waals surface area contributed by atoms with E-state index in [1.807, 2.05) is 6.07 Å². The molecule has 2 aromatic rings. The van der Waals surface area contributed by atoms with Crippen LogP contribution < -0.4 is 20.9 Å². The van der Waals surface area contributed by atoms with Crippen LogP contribution in [0.3, 0.4) is 0 Å². The van der Waals surface area contributed by atoms with Crippen molar-refractivity contribution in [2.24, 2.45) is 5.92 Å². The van der Waals surface area contributed by atoms with Gasteiger partial charge in [0.1, 0.15) is 5.82 Å². The van der Waals surface area contributed by atoms with Crippen LogP contribution in [0, 0.1) is 5.92 Å². The van der Waals surface area contributed by atoms with Crippen LogP contribution in [0.5, 0.6) is 5.88 Å². The van der Waals surface area contributed by atoms with Crippen molar-refractivity contribution < 1.29 is 14.3 Å². The van der Waals surface area contributed by atoms with Crippen molar-refractivity contribution in [3.8, 4) is 5.88 Å². The van der Waals surface area contributed by atoms with Crippen LogP contribution in [-0.4, -0.2) is 48.3 Å². The van der Waals surface area contributed by atoms with E-state index in [1.54, 1.807) is 13.2 Å². The first-order valence-corrected chi connectivity index (χ1v) is 13.5. The smallest absolute Gasteiger partial charge is 0.292 e. The van der Waals surface area contributed by atoms with Crippen LogP contribution in [0.25, 0.3) is 0 Å². The van der Waals surface area contributed by atoms with Gasteiger partial charge in [-0.15, -0.1) is 0 Å². The summed E-state index contributed by atoms with van der Waals surface area (Å²) in [4.78, 5) is 32.1. The van der Waals surface area contributed by atoms with Gasteiger partial charge in [-0.1, -0.05) is 36.8 Å². The minimum absolute atomic E-state index is 0.0217. The van der Waals surface area contributed by atoms with E-state index in [1.165, 1.54) is 5.56 Å². The van der Waals surface area contributed by atoms with E-state index in [4.69, 9.17) is 4.74 Å². The van der Waals surface area contributed by atoms with E-state index < -0.39 is 5.91 Å².